The van der Waals surface area contributed by atoms with E-state index < -0.39 is 0 Å². The highest BCUT2D eigenvalue weighted by molar-refractivity contribution is 7.98. The largest absolute Gasteiger partial charge is 0.326 e. The normalized spacial score (nSPS) is 14.8. The zero-order valence-corrected chi connectivity index (χ0v) is 12.7. The van der Waals surface area contributed by atoms with Crippen LogP contribution in [0.5, 0.6) is 0 Å². The molecule has 0 amide bonds. The van der Waals surface area contributed by atoms with Crippen LogP contribution in [0.3, 0.4) is 0 Å². The Hall–Kier alpha value is -1.40. The molecule has 2 aromatic rings. The first-order chi connectivity index (χ1) is 10.3. The van der Waals surface area contributed by atoms with Crippen LogP contribution in [0, 0.1) is 5.82 Å². The number of hydrogen-bond donors (Lipinski definition) is 1. The third-order valence-electron chi connectivity index (χ3n) is 3.82. The second kappa shape index (κ2) is 6.58. The molecular weight excluding hydrogens is 287 g/mol. The summed E-state index contributed by atoms with van der Waals surface area (Å²) in [6.07, 6.45) is 4.60. The predicted molar refractivity (Wildman–Crippen MR) is 81.4 cm³/mol. The Kier molecular flexibility index (Phi) is 4.55. The van der Waals surface area contributed by atoms with Crippen LogP contribution in [0.4, 0.5) is 4.39 Å². The molecule has 1 aliphatic rings. The van der Waals surface area contributed by atoms with Crippen molar-refractivity contribution in [1.82, 2.24) is 14.8 Å². The predicted octanol–water partition coefficient (Wildman–Crippen LogP) is 2.89. The molecule has 0 spiro atoms. The molecule has 3 rings (SSSR count). The highest BCUT2D eigenvalue weighted by Gasteiger charge is 2.15. The average Bonchev–Trinajstić information content (AvgIpc) is 2.72. The standard InChI is InChI=1S/C15H19FN4S/c16-13-6-5-11(9-17)12(8-13)10-21-15-19-18-14-4-2-1-3-7-20(14)15/h5-6,8H,1-4,7,9-10,17H2. The number of benzene rings is 1. The Bertz CT molecular complexity index is 626. The van der Waals surface area contributed by atoms with Gasteiger partial charge < -0.3 is 10.3 Å². The molecule has 2 N–H and O–H groups in total. The van der Waals surface area contributed by atoms with E-state index in [0.29, 0.717) is 12.3 Å². The fourth-order valence-corrected chi connectivity index (χ4v) is 3.64. The quantitative estimate of drug-likeness (QED) is 0.883. The first-order valence-electron chi connectivity index (χ1n) is 7.30. The SMILES string of the molecule is NCc1ccc(F)cc1CSc1nnc2n1CCCCC2. The molecule has 0 saturated heterocycles. The molecule has 0 fully saturated rings. The maximum absolute atomic E-state index is 13.4. The van der Waals surface area contributed by atoms with Crippen molar-refractivity contribution >= 4 is 11.8 Å². The topological polar surface area (TPSA) is 56.7 Å². The first-order valence-corrected chi connectivity index (χ1v) is 8.28. The highest BCUT2D eigenvalue weighted by atomic mass is 32.2. The molecule has 0 atom stereocenters. The number of nitrogens with zero attached hydrogens (tertiary/aromatic N) is 3. The van der Waals surface area contributed by atoms with E-state index >= 15 is 0 Å². The van der Waals surface area contributed by atoms with Crippen LogP contribution in [0.25, 0.3) is 0 Å². The lowest BCUT2D eigenvalue weighted by molar-refractivity contribution is 0.591. The maximum Gasteiger partial charge on any atom is 0.191 e. The Balaban J connectivity index is 1.76. The summed E-state index contributed by atoms with van der Waals surface area (Å²) < 4.78 is 15.6. The fourth-order valence-electron chi connectivity index (χ4n) is 2.64. The summed E-state index contributed by atoms with van der Waals surface area (Å²) in [7, 11) is 0. The Morgan fingerprint density at radius 2 is 2.10 bits per heavy atom. The van der Waals surface area contributed by atoms with Crippen LogP contribution in [0.2, 0.25) is 0 Å². The van der Waals surface area contributed by atoms with E-state index in [1.165, 1.54) is 25.3 Å². The zero-order valence-electron chi connectivity index (χ0n) is 11.9. The molecule has 1 aromatic heterocycles. The van der Waals surface area contributed by atoms with Crippen molar-refractivity contribution < 1.29 is 4.39 Å². The number of aromatic nitrogens is 3. The summed E-state index contributed by atoms with van der Waals surface area (Å²) in [5, 5.41) is 9.50. The summed E-state index contributed by atoms with van der Waals surface area (Å²) >= 11 is 1.61. The maximum atomic E-state index is 13.4. The van der Waals surface area contributed by atoms with Gasteiger partial charge in [0.15, 0.2) is 5.16 Å². The van der Waals surface area contributed by atoms with Gasteiger partial charge in [-0.3, -0.25) is 0 Å². The van der Waals surface area contributed by atoms with E-state index in [4.69, 9.17) is 5.73 Å². The van der Waals surface area contributed by atoms with Gasteiger partial charge in [-0.1, -0.05) is 24.2 Å². The Labute approximate surface area is 127 Å². The van der Waals surface area contributed by atoms with Gasteiger partial charge in [0.25, 0.3) is 0 Å². The summed E-state index contributed by atoms with van der Waals surface area (Å²) in [4.78, 5) is 0. The van der Waals surface area contributed by atoms with Gasteiger partial charge in [0.2, 0.25) is 0 Å². The van der Waals surface area contributed by atoms with Crippen molar-refractivity contribution in [3.05, 3.63) is 41.0 Å². The van der Waals surface area contributed by atoms with E-state index in [-0.39, 0.29) is 5.82 Å². The lowest BCUT2D eigenvalue weighted by Gasteiger charge is -2.09. The van der Waals surface area contributed by atoms with Crippen molar-refractivity contribution in [3.63, 3.8) is 0 Å². The number of fused-ring (bicyclic) bond motifs is 1. The molecule has 0 bridgehead atoms. The number of thioether (sulfide) groups is 1. The van der Waals surface area contributed by atoms with Crippen LogP contribution in [0.15, 0.2) is 23.4 Å². The molecule has 6 heteroatoms. The second-order valence-corrected chi connectivity index (χ2v) is 6.21. The molecule has 21 heavy (non-hydrogen) atoms. The van der Waals surface area contributed by atoms with Crippen LogP contribution >= 0.6 is 11.8 Å². The Morgan fingerprint density at radius 1 is 1.19 bits per heavy atom. The zero-order chi connectivity index (χ0) is 14.7. The van der Waals surface area contributed by atoms with Crippen LogP contribution in [0.1, 0.15) is 36.2 Å². The molecule has 2 heterocycles. The summed E-state index contributed by atoms with van der Waals surface area (Å²) in [5.41, 5.74) is 7.64. The van der Waals surface area contributed by atoms with E-state index in [1.54, 1.807) is 23.9 Å². The summed E-state index contributed by atoms with van der Waals surface area (Å²) in [5.74, 6) is 1.53. The molecule has 0 saturated carbocycles. The van der Waals surface area contributed by atoms with Crippen molar-refractivity contribution in [2.45, 2.75) is 49.7 Å². The van der Waals surface area contributed by atoms with Gasteiger partial charge >= 0.3 is 0 Å². The lowest BCUT2D eigenvalue weighted by atomic mass is 10.1. The van der Waals surface area contributed by atoms with Gasteiger partial charge in [-0.05, 0) is 36.1 Å². The average molecular weight is 306 g/mol. The molecule has 4 nitrogen and oxygen atoms in total. The number of hydrogen-bond acceptors (Lipinski definition) is 4. The van der Waals surface area contributed by atoms with Gasteiger partial charge in [0, 0.05) is 25.3 Å². The molecule has 0 unspecified atom stereocenters. The second-order valence-electron chi connectivity index (χ2n) is 5.27. The third-order valence-corrected chi connectivity index (χ3v) is 4.84. The minimum atomic E-state index is -0.220. The van der Waals surface area contributed by atoms with Gasteiger partial charge in [-0.15, -0.1) is 10.2 Å². The van der Waals surface area contributed by atoms with Gasteiger partial charge in [0.05, 0.1) is 0 Å². The number of halogens is 1. The monoisotopic (exact) mass is 306 g/mol. The fraction of sp³-hybridized carbons (Fsp3) is 0.467. The van der Waals surface area contributed by atoms with Gasteiger partial charge in [0.1, 0.15) is 11.6 Å². The third kappa shape index (κ3) is 3.27. The van der Waals surface area contributed by atoms with Crippen LogP contribution in [-0.2, 0) is 25.3 Å². The molecule has 112 valence electrons. The van der Waals surface area contributed by atoms with Crippen molar-refractivity contribution in [2.75, 3.05) is 0 Å². The van der Waals surface area contributed by atoms with Gasteiger partial charge in [-0.2, -0.15) is 0 Å². The number of rotatable bonds is 4. The molecule has 0 aliphatic carbocycles. The van der Waals surface area contributed by atoms with Gasteiger partial charge in [-0.25, -0.2) is 4.39 Å². The van der Waals surface area contributed by atoms with Crippen LogP contribution < -0.4 is 5.73 Å². The molecule has 1 aromatic carbocycles. The first kappa shape index (κ1) is 14.5. The lowest BCUT2D eigenvalue weighted by Crippen LogP contribution is -2.04. The molecular formula is C15H19FN4S. The summed E-state index contributed by atoms with van der Waals surface area (Å²) in [6.45, 7) is 1.41. The van der Waals surface area contributed by atoms with Crippen molar-refractivity contribution in [2.24, 2.45) is 5.73 Å². The van der Waals surface area contributed by atoms with E-state index in [0.717, 1.165) is 35.1 Å². The number of nitrogens with two attached hydrogens (primary N) is 1. The van der Waals surface area contributed by atoms with Crippen molar-refractivity contribution in [1.29, 1.82) is 0 Å². The molecule has 0 radical (unpaired) electrons. The van der Waals surface area contributed by atoms with Crippen molar-refractivity contribution in [3.8, 4) is 0 Å². The van der Waals surface area contributed by atoms with E-state index in [9.17, 15) is 4.39 Å². The smallest absolute Gasteiger partial charge is 0.191 e. The van der Waals surface area contributed by atoms with E-state index in [2.05, 4.69) is 14.8 Å². The number of aryl methyl sites for hydroxylation is 1. The summed E-state index contributed by atoms with van der Waals surface area (Å²) in [6, 6.07) is 4.78. The molecule has 1 aliphatic heterocycles. The Morgan fingerprint density at radius 3 is 2.95 bits per heavy atom. The minimum absolute atomic E-state index is 0.220. The minimum Gasteiger partial charge on any atom is -0.326 e. The van der Waals surface area contributed by atoms with E-state index in [1.807, 2.05) is 0 Å². The van der Waals surface area contributed by atoms with Crippen LogP contribution in [-0.4, -0.2) is 14.8 Å². The highest BCUT2D eigenvalue weighted by Crippen LogP contribution is 2.26.